The van der Waals surface area contributed by atoms with Crippen LogP contribution in [0.2, 0.25) is 0 Å². The number of urea groups is 1. The number of nitrogens with zero attached hydrogens (tertiary/aromatic N) is 2. The Kier molecular flexibility index (Phi) is 6.55. The summed E-state index contributed by atoms with van der Waals surface area (Å²) in [5.74, 6) is 1.95. The average molecular weight is 280 g/mol. The monoisotopic (exact) mass is 280 g/mol. The van der Waals surface area contributed by atoms with Crippen LogP contribution in [-0.4, -0.2) is 35.6 Å². The molecule has 7 heteroatoms. The quantitative estimate of drug-likeness (QED) is 0.540. The predicted molar refractivity (Wildman–Crippen MR) is 81.0 cm³/mol. The van der Waals surface area contributed by atoms with E-state index in [9.17, 15) is 4.79 Å². The maximum atomic E-state index is 10.6. The van der Waals surface area contributed by atoms with Gasteiger partial charge in [0.2, 0.25) is 0 Å². The lowest BCUT2D eigenvalue weighted by atomic mass is 10.0. The van der Waals surface area contributed by atoms with Crippen molar-refractivity contribution in [1.29, 1.82) is 0 Å². The molecule has 5 N–H and O–H groups in total. The Morgan fingerprint density at radius 1 is 1.20 bits per heavy atom. The lowest BCUT2D eigenvalue weighted by Gasteiger charge is -2.17. The topological polar surface area (TPSA) is 105 Å². The largest absolute Gasteiger partial charge is 0.370 e. The first-order valence-electron chi connectivity index (χ1n) is 6.92. The van der Waals surface area contributed by atoms with Crippen LogP contribution in [0.1, 0.15) is 38.7 Å². The van der Waals surface area contributed by atoms with Crippen LogP contribution in [0, 0.1) is 0 Å². The van der Waals surface area contributed by atoms with Gasteiger partial charge < -0.3 is 21.7 Å². The van der Waals surface area contributed by atoms with E-state index in [0.717, 1.165) is 30.2 Å². The molecular weight excluding hydrogens is 256 g/mol. The molecule has 0 bridgehead atoms. The lowest BCUT2D eigenvalue weighted by Crippen LogP contribution is -2.33. The third kappa shape index (κ3) is 4.91. The normalized spacial score (nSPS) is 10.4. The third-order valence-electron chi connectivity index (χ3n) is 2.72. The van der Waals surface area contributed by atoms with Gasteiger partial charge in [-0.15, -0.1) is 0 Å². The Labute approximate surface area is 119 Å². The molecule has 112 valence electrons. The van der Waals surface area contributed by atoms with Crippen molar-refractivity contribution in [2.45, 2.75) is 33.1 Å². The standard InChI is InChI=1S/C13H24N6O/c1-4-5-15-11-10(9(2)3)12(19-8-18-11)16-6-7-17-13(14)20/h8-9H,4-7H2,1-3H3,(H3,14,17,20)(H2,15,16,18,19). The molecule has 20 heavy (non-hydrogen) atoms. The highest BCUT2D eigenvalue weighted by Gasteiger charge is 2.14. The van der Waals surface area contributed by atoms with E-state index in [1.165, 1.54) is 6.33 Å². The van der Waals surface area contributed by atoms with Gasteiger partial charge in [0.05, 0.1) is 0 Å². The molecule has 0 aromatic carbocycles. The lowest BCUT2D eigenvalue weighted by molar-refractivity contribution is 0.249. The van der Waals surface area contributed by atoms with Crippen molar-refractivity contribution in [3.8, 4) is 0 Å². The van der Waals surface area contributed by atoms with Crippen LogP contribution >= 0.6 is 0 Å². The van der Waals surface area contributed by atoms with Crippen molar-refractivity contribution >= 4 is 17.7 Å². The molecule has 0 aliphatic carbocycles. The first kappa shape index (κ1) is 16.0. The molecule has 0 aliphatic heterocycles. The number of nitrogens with two attached hydrogens (primary N) is 1. The zero-order chi connectivity index (χ0) is 15.0. The number of carbonyl (C=O) groups excluding carboxylic acids is 1. The number of hydrogen-bond acceptors (Lipinski definition) is 5. The summed E-state index contributed by atoms with van der Waals surface area (Å²) in [6, 6.07) is -0.524. The van der Waals surface area contributed by atoms with Gasteiger partial charge in [0.1, 0.15) is 18.0 Å². The molecule has 2 amide bonds. The van der Waals surface area contributed by atoms with Crippen LogP contribution < -0.4 is 21.7 Å². The van der Waals surface area contributed by atoms with Crippen molar-refractivity contribution in [2.75, 3.05) is 30.3 Å². The zero-order valence-electron chi connectivity index (χ0n) is 12.4. The molecular formula is C13H24N6O. The summed E-state index contributed by atoms with van der Waals surface area (Å²) in [5.41, 5.74) is 6.07. The van der Waals surface area contributed by atoms with Gasteiger partial charge >= 0.3 is 6.03 Å². The van der Waals surface area contributed by atoms with E-state index in [2.05, 4.69) is 46.7 Å². The Balaban J connectivity index is 2.75. The first-order valence-corrected chi connectivity index (χ1v) is 6.92. The molecule has 0 saturated heterocycles. The molecule has 0 unspecified atom stereocenters. The van der Waals surface area contributed by atoms with Gasteiger partial charge in [0.25, 0.3) is 0 Å². The second-order valence-corrected chi connectivity index (χ2v) is 4.78. The SMILES string of the molecule is CCCNc1ncnc(NCCNC(N)=O)c1C(C)C. The maximum Gasteiger partial charge on any atom is 0.312 e. The van der Waals surface area contributed by atoms with Crippen LogP contribution in [0.4, 0.5) is 16.4 Å². The van der Waals surface area contributed by atoms with Crippen LogP contribution in [0.5, 0.6) is 0 Å². The van der Waals surface area contributed by atoms with Gasteiger partial charge in [-0.3, -0.25) is 0 Å². The fourth-order valence-electron chi connectivity index (χ4n) is 1.83. The number of hydrogen-bond donors (Lipinski definition) is 4. The number of aromatic nitrogens is 2. The molecule has 0 spiro atoms. The first-order chi connectivity index (χ1) is 9.56. The van der Waals surface area contributed by atoms with E-state index in [1.807, 2.05) is 0 Å². The van der Waals surface area contributed by atoms with Crippen LogP contribution in [-0.2, 0) is 0 Å². The second-order valence-electron chi connectivity index (χ2n) is 4.78. The van der Waals surface area contributed by atoms with Crippen molar-refractivity contribution in [2.24, 2.45) is 5.73 Å². The number of rotatable bonds is 8. The van der Waals surface area contributed by atoms with Crippen molar-refractivity contribution in [3.05, 3.63) is 11.9 Å². The fourth-order valence-corrected chi connectivity index (χ4v) is 1.83. The van der Waals surface area contributed by atoms with Crippen molar-refractivity contribution < 1.29 is 4.79 Å². The molecule has 7 nitrogen and oxygen atoms in total. The predicted octanol–water partition coefficient (Wildman–Crippen LogP) is 1.50. The maximum absolute atomic E-state index is 10.6. The van der Waals surface area contributed by atoms with Crippen molar-refractivity contribution in [1.82, 2.24) is 15.3 Å². The Hall–Kier alpha value is -2.05. The fraction of sp³-hybridized carbons (Fsp3) is 0.615. The summed E-state index contributed by atoms with van der Waals surface area (Å²) >= 11 is 0. The minimum absolute atomic E-state index is 0.294. The number of amides is 2. The number of primary amides is 1. The van der Waals surface area contributed by atoms with Gasteiger partial charge in [-0.2, -0.15) is 0 Å². The number of nitrogens with one attached hydrogen (secondary N) is 3. The van der Waals surface area contributed by atoms with Crippen LogP contribution in [0.3, 0.4) is 0 Å². The molecule has 0 atom stereocenters. The molecule has 0 fully saturated rings. The number of anilines is 2. The third-order valence-corrected chi connectivity index (χ3v) is 2.72. The Bertz CT molecular complexity index is 435. The van der Waals surface area contributed by atoms with Gasteiger partial charge in [-0.05, 0) is 12.3 Å². The van der Waals surface area contributed by atoms with Crippen molar-refractivity contribution in [3.63, 3.8) is 0 Å². The Morgan fingerprint density at radius 2 is 1.80 bits per heavy atom. The average Bonchev–Trinajstić information content (AvgIpc) is 2.40. The summed E-state index contributed by atoms with van der Waals surface area (Å²) in [6.07, 6.45) is 2.57. The minimum Gasteiger partial charge on any atom is -0.370 e. The molecule has 1 aromatic heterocycles. The van der Waals surface area contributed by atoms with E-state index in [1.54, 1.807) is 0 Å². The van der Waals surface area contributed by atoms with Gasteiger partial charge in [-0.1, -0.05) is 20.8 Å². The summed E-state index contributed by atoms with van der Waals surface area (Å²) in [7, 11) is 0. The summed E-state index contributed by atoms with van der Waals surface area (Å²) in [5, 5.41) is 9.05. The molecule has 0 radical (unpaired) electrons. The minimum atomic E-state index is -0.524. The highest BCUT2D eigenvalue weighted by molar-refractivity contribution is 5.71. The smallest absolute Gasteiger partial charge is 0.312 e. The molecule has 1 aromatic rings. The second kappa shape index (κ2) is 8.19. The highest BCUT2D eigenvalue weighted by atomic mass is 16.2. The Morgan fingerprint density at radius 3 is 2.30 bits per heavy atom. The summed E-state index contributed by atoms with van der Waals surface area (Å²) in [6.45, 7) is 8.20. The number of carbonyl (C=O) groups is 1. The van der Waals surface area contributed by atoms with Gasteiger partial charge in [-0.25, -0.2) is 14.8 Å². The van der Waals surface area contributed by atoms with E-state index in [4.69, 9.17) is 5.73 Å². The molecule has 0 saturated carbocycles. The molecule has 0 aliphatic rings. The molecule has 1 heterocycles. The van der Waals surface area contributed by atoms with E-state index in [0.29, 0.717) is 19.0 Å². The van der Waals surface area contributed by atoms with Crippen LogP contribution in [0.25, 0.3) is 0 Å². The van der Waals surface area contributed by atoms with Gasteiger partial charge in [0, 0.05) is 25.2 Å². The van der Waals surface area contributed by atoms with Gasteiger partial charge in [0.15, 0.2) is 0 Å². The van der Waals surface area contributed by atoms with E-state index < -0.39 is 6.03 Å². The summed E-state index contributed by atoms with van der Waals surface area (Å²) in [4.78, 5) is 19.2. The summed E-state index contributed by atoms with van der Waals surface area (Å²) < 4.78 is 0. The highest BCUT2D eigenvalue weighted by Crippen LogP contribution is 2.28. The zero-order valence-corrected chi connectivity index (χ0v) is 12.4. The van der Waals surface area contributed by atoms with E-state index >= 15 is 0 Å². The van der Waals surface area contributed by atoms with Crippen LogP contribution in [0.15, 0.2) is 6.33 Å². The molecule has 1 rings (SSSR count). The van der Waals surface area contributed by atoms with E-state index in [-0.39, 0.29) is 0 Å².